The topological polar surface area (TPSA) is 68.3 Å². The summed E-state index contributed by atoms with van der Waals surface area (Å²) in [6, 6.07) is 10.6. The highest BCUT2D eigenvalue weighted by Gasteiger charge is 2.02. The predicted molar refractivity (Wildman–Crippen MR) is 81.1 cm³/mol. The molecule has 1 aromatic heterocycles. The van der Waals surface area contributed by atoms with E-state index in [1.54, 1.807) is 0 Å². The van der Waals surface area contributed by atoms with E-state index in [-0.39, 0.29) is 18.7 Å². The first-order valence-electron chi connectivity index (χ1n) is 6.73. The molecule has 0 radical (unpaired) electrons. The number of halogens is 1. The van der Waals surface area contributed by atoms with E-state index >= 15 is 0 Å². The van der Waals surface area contributed by atoms with Gasteiger partial charge in [0.15, 0.2) is 6.29 Å². The van der Waals surface area contributed by atoms with Crippen LogP contribution in [0, 0.1) is 17.8 Å². The van der Waals surface area contributed by atoms with Crippen molar-refractivity contribution in [2.45, 2.75) is 6.61 Å². The molecule has 2 aromatic rings. The zero-order chi connectivity index (χ0) is 16.5. The molecule has 0 unspecified atom stereocenters. The highest BCUT2D eigenvalue weighted by atomic mass is 19.1. The molecule has 5 nitrogen and oxygen atoms in total. The van der Waals surface area contributed by atoms with Gasteiger partial charge in [0.1, 0.15) is 6.61 Å². The summed E-state index contributed by atoms with van der Waals surface area (Å²) in [5, 5.41) is 2.46. The number of pyridine rings is 1. The lowest BCUT2D eigenvalue weighted by Crippen LogP contribution is -2.24. The molecule has 0 saturated heterocycles. The highest BCUT2D eigenvalue weighted by molar-refractivity contribution is 5.75. The molecule has 0 bridgehead atoms. The smallest absolute Gasteiger partial charge is 0.408 e. The van der Waals surface area contributed by atoms with Gasteiger partial charge in [0.2, 0.25) is 5.95 Å². The molecule has 0 saturated carbocycles. The van der Waals surface area contributed by atoms with Crippen molar-refractivity contribution in [1.82, 2.24) is 10.3 Å². The number of nitrogens with one attached hydrogen (secondary N) is 1. The van der Waals surface area contributed by atoms with Gasteiger partial charge in [0.25, 0.3) is 0 Å². The Morgan fingerprint density at radius 1 is 1.35 bits per heavy atom. The summed E-state index contributed by atoms with van der Waals surface area (Å²) in [5.74, 6) is 4.49. The third-order valence-corrected chi connectivity index (χ3v) is 2.76. The van der Waals surface area contributed by atoms with E-state index < -0.39 is 12.0 Å². The number of benzene rings is 1. The summed E-state index contributed by atoms with van der Waals surface area (Å²) < 4.78 is 18.0. The first kappa shape index (κ1) is 16.2. The lowest BCUT2D eigenvalue weighted by molar-refractivity contribution is 0.111. The van der Waals surface area contributed by atoms with Crippen molar-refractivity contribution >= 4 is 12.4 Å². The van der Waals surface area contributed by atoms with Crippen molar-refractivity contribution in [3.8, 4) is 11.8 Å². The fourth-order valence-electron chi connectivity index (χ4n) is 1.65. The number of ether oxygens (including phenoxy) is 1. The lowest BCUT2D eigenvalue weighted by Gasteiger charge is -2.04. The molecule has 0 aliphatic rings. The van der Waals surface area contributed by atoms with Crippen molar-refractivity contribution in [2.24, 2.45) is 0 Å². The van der Waals surface area contributed by atoms with Crippen molar-refractivity contribution in [1.29, 1.82) is 0 Å². The Labute approximate surface area is 132 Å². The zero-order valence-corrected chi connectivity index (χ0v) is 12.1. The number of hydrogen-bond donors (Lipinski definition) is 1. The summed E-state index contributed by atoms with van der Waals surface area (Å²) >= 11 is 0. The molecule has 1 N–H and O–H groups in total. The van der Waals surface area contributed by atoms with Gasteiger partial charge in [-0.15, -0.1) is 0 Å². The van der Waals surface area contributed by atoms with E-state index in [1.165, 1.54) is 12.3 Å². The minimum absolute atomic E-state index is 0.0570. The number of aldehydes is 1. The molecule has 1 aromatic carbocycles. The molecular formula is C17H13FN2O3. The number of rotatable bonds is 4. The Balaban J connectivity index is 1.79. The van der Waals surface area contributed by atoms with Crippen molar-refractivity contribution in [3.05, 3.63) is 65.2 Å². The van der Waals surface area contributed by atoms with Crippen molar-refractivity contribution in [3.63, 3.8) is 0 Å². The SMILES string of the molecule is O=Cc1cc(C#CCNC(=O)OCc2ccccc2)cnc1F. The lowest BCUT2D eigenvalue weighted by atomic mass is 10.2. The molecule has 0 aliphatic carbocycles. The van der Waals surface area contributed by atoms with Crippen LogP contribution in [0.25, 0.3) is 0 Å². The first-order chi connectivity index (χ1) is 11.2. The Kier molecular flexibility index (Phi) is 5.83. The quantitative estimate of drug-likeness (QED) is 0.534. The maximum absolute atomic E-state index is 13.0. The monoisotopic (exact) mass is 312 g/mol. The number of hydrogen-bond acceptors (Lipinski definition) is 4. The number of aromatic nitrogens is 1. The summed E-state index contributed by atoms with van der Waals surface area (Å²) in [4.78, 5) is 25.5. The van der Waals surface area contributed by atoms with E-state index in [9.17, 15) is 14.0 Å². The number of alkyl carbamates (subject to hydrolysis) is 1. The van der Waals surface area contributed by atoms with Crippen molar-refractivity contribution in [2.75, 3.05) is 6.54 Å². The van der Waals surface area contributed by atoms with E-state index in [1.807, 2.05) is 30.3 Å². The summed E-state index contributed by atoms with van der Waals surface area (Å²) in [5.41, 5.74) is 1.10. The normalized spacial score (nSPS) is 9.43. The Hall–Kier alpha value is -3.20. The Bertz CT molecular complexity index is 751. The molecular weight excluding hydrogens is 299 g/mol. The second-order valence-electron chi connectivity index (χ2n) is 4.44. The molecule has 0 aliphatic heterocycles. The largest absolute Gasteiger partial charge is 0.445 e. The summed E-state index contributed by atoms with van der Waals surface area (Å²) in [6.45, 7) is 0.228. The summed E-state index contributed by atoms with van der Waals surface area (Å²) in [6.07, 6.45) is 0.990. The maximum atomic E-state index is 13.0. The number of carbonyl (C=O) groups excluding carboxylic acids is 2. The van der Waals surface area contributed by atoms with Crippen LogP contribution in [0.3, 0.4) is 0 Å². The second kappa shape index (κ2) is 8.29. The molecule has 116 valence electrons. The van der Waals surface area contributed by atoms with Gasteiger partial charge in [0.05, 0.1) is 12.1 Å². The van der Waals surface area contributed by atoms with Crippen LogP contribution in [0.2, 0.25) is 0 Å². The predicted octanol–water partition coefficient (Wildman–Crippen LogP) is 2.31. The minimum Gasteiger partial charge on any atom is -0.445 e. The van der Waals surface area contributed by atoms with Crippen LogP contribution in [0.1, 0.15) is 21.5 Å². The average molecular weight is 312 g/mol. The molecule has 23 heavy (non-hydrogen) atoms. The van der Waals surface area contributed by atoms with Crippen LogP contribution in [0.5, 0.6) is 0 Å². The van der Waals surface area contributed by atoms with Gasteiger partial charge < -0.3 is 10.1 Å². The van der Waals surface area contributed by atoms with Gasteiger partial charge in [-0.2, -0.15) is 4.39 Å². The van der Waals surface area contributed by atoms with Crippen LogP contribution >= 0.6 is 0 Å². The molecule has 0 spiro atoms. The van der Waals surface area contributed by atoms with Gasteiger partial charge in [-0.25, -0.2) is 9.78 Å². The van der Waals surface area contributed by atoms with Crippen LogP contribution in [-0.4, -0.2) is 23.9 Å². The third-order valence-electron chi connectivity index (χ3n) is 2.76. The zero-order valence-electron chi connectivity index (χ0n) is 12.1. The summed E-state index contributed by atoms with van der Waals surface area (Å²) in [7, 11) is 0. The Morgan fingerprint density at radius 3 is 2.87 bits per heavy atom. The molecule has 2 rings (SSSR count). The number of carbonyl (C=O) groups is 2. The number of amides is 1. The van der Waals surface area contributed by atoms with Crippen LogP contribution in [0.4, 0.5) is 9.18 Å². The van der Waals surface area contributed by atoms with Gasteiger partial charge in [0, 0.05) is 11.8 Å². The van der Waals surface area contributed by atoms with E-state index in [4.69, 9.17) is 4.74 Å². The molecule has 0 fully saturated rings. The van der Waals surface area contributed by atoms with Crippen molar-refractivity contribution < 1.29 is 18.7 Å². The molecule has 6 heteroatoms. The van der Waals surface area contributed by atoms with Crippen LogP contribution in [-0.2, 0) is 11.3 Å². The Morgan fingerprint density at radius 2 is 2.13 bits per heavy atom. The fraction of sp³-hybridized carbons (Fsp3) is 0.118. The molecule has 1 heterocycles. The van der Waals surface area contributed by atoms with E-state index in [2.05, 4.69) is 22.1 Å². The fourth-order valence-corrected chi connectivity index (χ4v) is 1.65. The number of nitrogens with zero attached hydrogens (tertiary/aromatic N) is 1. The van der Waals surface area contributed by atoms with E-state index in [0.717, 1.165) is 5.56 Å². The highest BCUT2D eigenvalue weighted by Crippen LogP contribution is 2.03. The molecule has 1 amide bonds. The van der Waals surface area contributed by atoms with Gasteiger partial charge in [-0.1, -0.05) is 42.2 Å². The standard InChI is InChI=1S/C17H13FN2O3/c18-16-15(11-21)9-14(10-20-16)7-4-8-19-17(22)23-12-13-5-2-1-3-6-13/h1-3,5-6,9-11H,8,12H2,(H,19,22). The van der Waals surface area contributed by atoms with Crippen LogP contribution in [0.15, 0.2) is 42.6 Å². The van der Waals surface area contributed by atoms with Gasteiger partial charge in [-0.05, 0) is 11.6 Å². The first-order valence-corrected chi connectivity index (χ1v) is 6.73. The minimum atomic E-state index is -0.840. The van der Waals surface area contributed by atoms with Crippen LogP contribution < -0.4 is 5.32 Å². The van der Waals surface area contributed by atoms with Gasteiger partial charge in [-0.3, -0.25) is 4.79 Å². The average Bonchev–Trinajstić information content (AvgIpc) is 2.59. The maximum Gasteiger partial charge on any atom is 0.408 e. The van der Waals surface area contributed by atoms with E-state index in [0.29, 0.717) is 11.8 Å². The second-order valence-corrected chi connectivity index (χ2v) is 4.44. The molecule has 0 atom stereocenters. The van der Waals surface area contributed by atoms with Gasteiger partial charge >= 0.3 is 6.09 Å². The third kappa shape index (κ3) is 5.25.